The molecule has 0 aliphatic carbocycles. The highest BCUT2D eigenvalue weighted by molar-refractivity contribution is 6.29. The van der Waals surface area contributed by atoms with Crippen LogP contribution in [0, 0.1) is 13.8 Å². The van der Waals surface area contributed by atoms with Crippen LogP contribution in [-0.2, 0) is 18.5 Å². The van der Waals surface area contributed by atoms with Crippen molar-refractivity contribution in [2.75, 3.05) is 0 Å². The van der Waals surface area contributed by atoms with Crippen molar-refractivity contribution < 1.29 is 9.57 Å². The largest absolute Gasteiger partial charge is 0.439 e. The molecule has 0 saturated carbocycles. The third-order valence-electron chi connectivity index (χ3n) is 3.61. The highest BCUT2D eigenvalue weighted by atomic mass is 35.5. The fourth-order valence-corrected chi connectivity index (χ4v) is 2.36. The lowest BCUT2D eigenvalue weighted by molar-refractivity contribution is 0.128. The topological polar surface area (TPSA) is 74.4 Å². The molecule has 2 aromatic heterocycles. The molecule has 1 aromatic carbocycles. The van der Waals surface area contributed by atoms with E-state index >= 15 is 0 Å². The Bertz CT molecular complexity index is 905. The van der Waals surface area contributed by atoms with Crippen molar-refractivity contribution in [3.63, 3.8) is 0 Å². The summed E-state index contributed by atoms with van der Waals surface area (Å²) in [5.41, 5.74) is 3.33. The molecule has 7 nitrogen and oxygen atoms in total. The van der Waals surface area contributed by atoms with Gasteiger partial charge in [0.25, 0.3) is 0 Å². The number of ether oxygens (including phenoxy) is 1. The van der Waals surface area contributed by atoms with E-state index in [1.54, 1.807) is 23.0 Å². The van der Waals surface area contributed by atoms with E-state index in [-0.39, 0.29) is 6.61 Å². The summed E-state index contributed by atoms with van der Waals surface area (Å²) in [5, 5.41) is 16.4. The summed E-state index contributed by atoms with van der Waals surface area (Å²) in [6, 6.07) is 11.2. The number of rotatable bonds is 6. The predicted molar refractivity (Wildman–Crippen MR) is 98.6 cm³/mol. The standard InChI is InChI=1S/C18H18ClN5O2/c1-12-4-7-15(8-5-12)26-18-16(13(2)23-24(18)3)10-20-25-11-14-6-9-17(19)22-21-14/h4-10H,11H2,1-3H3/b20-10+. The van der Waals surface area contributed by atoms with Gasteiger partial charge in [0, 0.05) is 7.05 Å². The summed E-state index contributed by atoms with van der Waals surface area (Å²) in [6.45, 7) is 4.10. The minimum Gasteiger partial charge on any atom is -0.439 e. The smallest absolute Gasteiger partial charge is 0.226 e. The summed E-state index contributed by atoms with van der Waals surface area (Å²) >= 11 is 5.70. The van der Waals surface area contributed by atoms with Crippen LogP contribution in [0.5, 0.6) is 11.6 Å². The van der Waals surface area contributed by atoms with Gasteiger partial charge in [0.2, 0.25) is 5.88 Å². The zero-order valence-corrected chi connectivity index (χ0v) is 15.4. The van der Waals surface area contributed by atoms with E-state index in [1.807, 2.05) is 45.2 Å². The van der Waals surface area contributed by atoms with E-state index in [9.17, 15) is 0 Å². The van der Waals surface area contributed by atoms with Crippen LogP contribution in [-0.4, -0.2) is 26.2 Å². The Morgan fingerprint density at radius 1 is 1.12 bits per heavy atom. The molecule has 0 saturated heterocycles. The highest BCUT2D eigenvalue weighted by Crippen LogP contribution is 2.26. The second-order valence-corrected chi connectivity index (χ2v) is 6.09. The minimum atomic E-state index is 0.189. The Morgan fingerprint density at radius 2 is 1.88 bits per heavy atom. The number of hydrogen-bond acceptors (Lipinski definition) is 6. The molecule has 3 aromatic rings. The lowest BCUT2D eigenvalue weighted by atomic mass is 10.2. The molecule has 0 amide bonds. The molecule has 2 heterocycles. The first-order chi connectivity index (χ1) is 12.5. The van der Waals surface area contributed by atoms with Gasteiger partial charge in [0.15, 0.2) is 11.8 Å². The first-order valence-corrected chi connectivity index (χ1v) is 8.32. The second kappa shape index (κ2) is 7.97. The van der Waals surface area contributed by atoms with E-state index in [0.717, 1.165) is 17.0 Å². The van der Waals surface area contributed by atoms with Gasteiger partial charge < -0.3 is 9.57 Å². The van der Waals surface area contributed by atoms with Crippen molar-refractivity contribution in [3.05, 3.63) is 64.1 Å². The average Bonchev–Trinajstić information content (AvgIpc) is 2.89. The fourth-order valence-electron chi connectivity index (χ4n) is 2.25. The van der Waals surface area contributed by atoms with Gasteiger partial charge in [0.05, 0.1) is 17.5 Å². The van der Waals surface area contributed by atoms with Gasteiger partial charge >= 0.3 is 0 Å². The highest BCUT2D eigenvalue weighted by Gasteiger charge is 2.14. The first-order valence-electron chi connectivity index (χ1n) is 7.94. The van der Waals surface area contributed by atoms with Crippen molar-refractivity contribution in [3.8, 4) is 11.6 Å². The van der Waals surface area contributed by atoms with Gasteiger partial charge in [-0.15, -0.1) is 5.10 Å². The van der Waals surface area contributed by atoms with Gasteiger partial charge in [-0.1, -0.05) is 34.5 Å². The van der Waals surface area contributed by atoms with Crippen LogP contribution < -0.4 is 4.74 Å². The maximum absolute atomic E-state index is 5.96. The zero-order valence-electron chi connectivity index (χ0n) is 14.7. The molecule has 0 aliphatic heterocycles. The van der Waals surface area contributed by atoms with Crippen LogP contribution in [0.3, 0.4) is 0 Å². The van der Waals surface area contributed by atoms with Crippen LogP contribution in [0.1, 0.15) is 22.5 Å². The van der Waals surface area contributed by atoms with Gasteiger partial charge in [0.1, 0.15) is 11.4 Å². The number of aromatic nitrogens is 4. The van der Waals surface area contributed by atoms with E-state index in [0.29, 0.717) is 16.7 Å². The Morgan fingerprint density at radius 3 is 2.58 bits per heavy atom. The summed E-state index contributed by atoms with van der Waals surface area (Å²) in [6.07, 6.45) is 1.58. The number of halogens is 1. The fraction of sp³-hybridized carbons (Fsp3) is 0.222. The van der Waals surface area contributed by atoms with Crippen molar-refractivity contribution >= 4 is 17.8 Å². The van der Waals surface area contributed by atoms with E-state index in [4.69, 9.17) is 21.2 Å². The molecule has 0 fully saturated rings. The summed E-state index contributed by atoms with van der Waals surface area (Å²) < 4.78 is 7.63. The molecule has 134 valence electrons. The third kappa shape index (κ3) is 4.37. The summed E-state index contributed by atoms with van der Waals surface area (Å²) in [4.78, 5) is 5.28. The second-order valence-electron chi connectivity index (χ2n) is 5.70. The summed E-state index contributed by atoms with van der Waals surface area (Å²) in [7, 11) is 1.82. The maximum atomic E-state index is 5.96. The number of aryl methyl sites for hydroxylation is 3. The molecule has 0 bridgehead atoms. The Labute approximate surface area is 156 Å². The van der Waals surface area contributed by atoms with Gasteiger partial charge in [-0.05, 0) is 38.1 Å². The number of benzene rings is 1. The Hall–Kier alpha value is -2.93. The molecule has 0 atom stereocenters. The number of oxime groups is 1. The van der Waals surface area contributed by atoms with E-state index < -0.39 is 0 Å². The van der Waals surface area contributed by atoms with Crippen LogP contribution in [0.4, 0.5) is 0 Å². The quantitative estimate of drug-likeness (QED) is 0.486. The zero-order chi connectivity index (χ0) is 18.5. The van der Waals surface area contributed by atoms with E-state index in [1.165, 1.54) is 5.56 Å². The van der Waals surface area contributed by atoms with Crippen LogP contribution in [0.15, 0.2) is 41.6 Å². The predicted octanol–water partition coefficient (Wildman–Crippen LogP) is 3.82. The maximum Gasteiger partial charge on any atom is 0.226 e. The lowest BCUT2D eigenvalue weighted by Crippen LogP contribution is -1.97. The van der Waals surface area contributed by atoms with Crippen molar-refractivity contribution in [1.29, 1.82) is 0 Å². The molecule has 3 rings (SSSR count). The average molecular weight is 372 g/mol. The lowest BCUT2D eigenvalue weighted by Gasteiger charge is -2.07. The molecule has 0 unspecified atom stereocenters. The first kappa shape index (κ1) is 17.9. The van der Waals surface area contributed by atoms with E-state index in [2.05, 4.69) is 20.5 Å². The monoisotopic (exact) mass is 371 g/mol. The molecular weight excluding hydrogens is 354 g/mol. The minimum absolute atomic E-state index is 0.189. The van der Waals surface area contributed by atoms with Crippen molar-refractivity contribution in [2.24, 2.45) is 12.2 Å². The van der Waals surface area contributed by atoms with Crippen molar-refractivity contribution in [1.82, 2.24) is 20.0 Å². The Balaban J connectivity index is 1.70. The molecule has 0 spiro atoms. The molecule has 26 heavy (non-hydrogen) atoms. The SMILES string of the molecule is Cc1ccc(Oc2c(/C=N/OCc3ccc(Cl)nn3)c(C)nn2C)cc1. The third-order valence-corrected chi connectivity index (χ3v) is 3.81. The van der Waals surface area contributed by atoms with Crippen LogP contribution in [0.2, 0.25) is 5.15 Å². The molecule has 0 radical (unpaired) electrons. The normalized spacial score (nSPS) is 11.1. The van der Waals surface area contributed by atoms with Gasteiger partial charge in [-0.3, -0.25) is 0 Å². The molecule has 0 N–H and O–H groups in total. The van der Waals surface area contributed by atoms with Gasteiger partial charge in [-0.2, -0.15) is 10.2 Å². The molecule has 8 heteroatoms. The molecule has 0 aliphatic rings. The van der Waals surface area contributed by atoms with Crippen LogP contribution in [0.25, 0.3) is 0 Å². The molecular formula is C18H18ClN5O2. The van der Waals surface area contributed by atoms with Crippen LogP contribution >= 0.6 is 11.6 Å². The van der Waals surface area contributed by atoms with Crippen molar-refractivity contribution in [2.45, 2.75) is 20.5 Å². The van der Waals surface area contributed by atoms with Gasteiger partial charge in [-0.25, -0.2) is 4.68 Å². The number of nitrogens with zero attached hydrogens (tertiary/aromatic N) is 5. The Kier molecular flexibility index (Phi) is 5.48. The summed E-state index contributed by atoms with van der Waals surface area (Å²) in [5.74, 6) is 1.32. The number of hydrogen-bond donors (Lipinski definition) is 0.